The van der Waals surface area contributed by atoms with Crippen molar-refractivity contribution in [1.29, 1.82) is 0 Å². The van der Waals surface area contributed by atoms with Crippen LogP contribution in [0.15, 0.2) is 24.3 Å². The molecule has 2 N–H and O–H groups in total. The Balaban J connectivity index is 0. The minimum absolute atomic E-state index is 0. The number of esters is 2. The van der Waals surface area contributed by atoms with Crippen molar-refractivity contribution in [1.82, 2.24) is 0 Å². The number of aliphatic carboxylic acids is 2. The van der Waals surface area contributed by atoms with Crippen LogP contribution in [0.25, 0.3) is 0 Å². The van der Waals surface area contributed by atoms with Crippen molar-refractivity contribution >= 4 is 48.7 Å². The van der Waals surface area contributed by atoms with Crippen LogP contribution in [0.3, 0.4) is 0 Å². The van der Waals surface area contributed by atoms with Crippen LogP contribution in [0.1, 0.15) is 46.4 Å². The summed E-state index contributed by atoms with van der Waals surface area (Å²) in [7, 11) is 0. The van der Waals surface area contributed by atoms with E-state index >= 15 is 0 Å². The number of carboxylic acids is 2. The van der Waals surface area contributed by atoms with E-state index in [4.69, 9.17) is 10.2 Å². The maximum Gasteiger partial charge on any atom is 0.346 e. The summed E-state index contributed by atoms with van der Waals surface area (Å²) >= 11 is 0. The van der Waals surface area contributed by atoms with Crippen LogP contribution in [0.5, 0.6) is 0 Å². The van der Waals surface area contributed by atoms with Gasteiger partial charge in [-0.1, -0.05) is 12.1 Å². The number of hydrogen-bond acceptors (Lipinski definition) is 5. The summed E-state index contributed by atoms with van der Waals surface area (Å²) in [5.74, 6) is -2.84. The van der Waals surface area contributed by atoms with Crippen LogP contribution >= 0.6 is 24.8 Å². The molecule has 2 rings (SSSR count). The zero-order chi connectivity index (χ0) is 15.8. The minimum Gasteiger partial charge on any atom is -0.481 e. The summed E-state index contributed by atoms with van der Waals surface area (Å²) in [6.07, 6.45) is 1.02. The topological polar surface area (TPSA) is 118 Å². The van der Waals surface area contributed by atoms with Gasteiger partial charge < -0.3 is 14.9 Å². The smallest absolute Gasteiger partial charge is 0.346 e. The molecule has 0 saturated carbocycles. The van der Waals surface area contributed by atoms with E-state index in [2.05, 4.69) is 4.74 Å². The molecule has 1 heterocycles. The lowest BCUT2D eigenvalue weighted by Crippen LogP contribution is -1.97. The van der Waals surface area contributed by atoms with Gasteiger partial charge >= 0.3 is 23.9 Å². The second kappa shape index (κ2) is 11.4. The Morgan fingerprint density at radius 1 is 0.826 bits per heavy atom. The number of halogens is 2. The van der Waals surface area contributed by atoms with Crippen molar-refractivity contribution in [2.45, 2.75) is 25.7 Å². The van der Waals surface area contributed by atoms with Crippen LogP contribution in [-0.2, 0) is 14.3 Å². The molecule has 0 aliphatic carbocycles. The quantitative estimate of drug-likeness (QED) is 0.466. The van der Waals surface area contributed by atoms with Crippen LogP contribution < -0.4 is 0 Å². The SMILES string of the molecule is Cl.Cl.O=C(O)CCCCC(=O)O.O=C1OC(=O)c2ccccc21. The van der Waals surface area contributed by atoms with Gasteiger partial charge in [-0.05, 0) is 25.0 Å². The first-order valence-corrected chi connectivity index (χ1v) is 6.21. The van der Waals surface area contributed by atoms with E-state index in [0.29, 0.717) is 24.0 Å². The molecule has 9 heteroatoms. The highest BCUT2D eigenvalue weighted by molar-refractivity contribution is 6.14. The summed E-state index contributed by atoms with van der Waals surface area (Å²) in [4.78, 5) is 41.5. The highest BCUT2D eigenvalue weighted by atomic mass is 35.5. The van der Waals surface area contributed by atoms with Crippen molar-refractivity contribution in [3.05, 3.63) is 35.4 Å². The van der Waals surface area contributed by atoms with E-state index in [1.165, 1.54) is 0 Å². The van der Waals surface area contributed by atoms with Gasteiger partial charge in [0.1, 0.15) is 0 Å². The first kappa shape index (κ1) is 23.2. The molecule has 1 aliphatic rings. The fraction of sp³-hybridized carbons (Fsp3) is 0.286. The van der Waals surface area contributed by atoms with Gasteiger partial charge in [-0.25, -0.2) is 9.59 Å². The van der Waals surface area contributed by atoms with Crippen LogP contribution in [0.2, 0.25) is 0 Å². The first-order chi connectivity index (χ1) is 9.91. The fourth-order valence-corrected chi connectivity index (χ4v) is 1.59. The molecule has 0 aromatic heterocycles. The maximum atomic E-state index is 10.8. The van der Waals surface area contributed by atoms with E-state index in [9.17, 15) is 19.2 Å². The Labute approximate surface area is 144 Å². The maximum absolute atomic E-state index is 10.8. The Bertz CT molecular complexity index is 523. The van der Waals surface area contributed by atoms with Crippen molar-refractivity contribution in [3.63, 3.8) is 0 Å². The third-order valence-electron chi connectivity index (χ3n) is 2.58. The van der Waals surface area contributed by atoms with Crippen molar-refractivity contribution in [2.75, 3.05) is 0 Å². The summed E-state index contributed by atoms with van der Waals surface area (Å²) < 4.78 is 4.35. The fourth-order valence-electron chi connectivity index (χ4n) is 1.59. The minimum atomic E-state index is -0.870. The van der Waals surface area contributed by atoms with Gasteiger partial charge in [-0.3, -0.25) is 9.59 Å². The number of rotatable bonds is 5. The Kier molecular flexibility index (Phi) is 11.5. The molecule has 1 aliphatic heterocycles. The van der Waals surface area contributed by atoms with E-state index in [0.717, 1.165) is 0 Å². The van der Waals surface area contributed by atoms with Gasteiger partial charge in [0.15, 0.2) is 0 Å². The van der Waals surface area contributed by atoms with Gasteiger partial charge in [0, 0.05) is 12.8 Å². The van der Waals surface area contributed by atoms with Crippen molar-refractivity contribution in [2.24, 2.45) is 0 Å². The number of carboxylic acid groups (broad SMARTS) is 2. The molecule has 128 valence electrons. The number of ether oxygens (including phenoxy) is 1. The Morgan fingerprint density at radius 3 is 1.48 bits per heavy atom. The summed E-state index contributed by atoms with van der Waals surface area (Å²) in [5.41, 5.74) is 0.718. The molecule has 0 radical (unpaired) electrons. The van der Waals surface area contributed by atoms with Crippen LogP contribution in [0, 0.1) is 0 Å². The lowest BCUT2D eigenvalue weighted by Gasteiger charge is -1.92. The van der Waals surface area contributed by atoms with Gasteiger partial charge in [0.05, 0.1) is 11.1 Å². The molecule has 0 bridgehead atoms. The predicted octanol–water partition coefficient (Wildman–Crippen LogP) is 2.56. The largest absolute Gasteiger partial charge is 0.481 e. The van der Waals surface area contributed by atoms with Gasteiger partial charge in [0.2, 0.25) is 0 Å². The van der Waals surface area contributed by atoms with Gasteiger partial charge in [-0.15, -0.1) is 24.8 Å². The second-order valence-electron chi connectivity index (χ2n) is 4.22. The average molecular weight is 367 g/mol. The second-order valence-corrected chi connectivity index (χ2v) is 4.22. The molecule has 0 amide bonds. The number of unbranched alkanes of at least 4 members (excludes halogenated alkanes) is 1. The average Bonchev–Trinajstić information content (AvgIpc) is 2.71. The van der Waals surface area contributed by atoms with E-state index < -0.39 is 23.9 Å². The van der Waals surface area contributed by atoms with E-state index in [1.807, 2.05) is 0 Å². The molecular formula is C14H16Cl2O7. The molecule has 0 fully saturated rings. The summed E-state index contributed by atoms with van der Waals surface area (Å²) in [5, 5.41) is 16.3. The highest BCUT2D eigenvalue weighted by Gasteiger charge is 2.28. The predicted molar refractivity (Wildman–Crippen MR) is 84.4 cm³/mol. The number of carbonyl (C=O) groups excluding carboxylic acids is 2. The monoisotopic (exact) mass is 366 g/mol. The number of hydrogen-bond donors (Lipinski definition) is 2. The zero-order valence-electron chi connectivity index (χ0n) is 11.9. The third kappa shape index (κ3) is 8.18. The molecule has 23 heavy (non-hydrogen) atoms. The summed E-state index contributed by atoms with van der Waals surface area (Å²) in [6.45, 7) is 0. The first-order valence-electron chi connectivity index (χ1n) is 6.21. The van der Waals surface area contributed by atoms with Crippen LogP contribution in [-0.4, -0.2) is 34.1 Å². The van der Waals surface area contributed by atoms with Gasteiger partial charge in [-0.2, -0.15) is 0 Å². The van der Waals surface area contributed by atoms with E-state index in [1.54, 1.807) is 24.3 Å². The molecule has 0 atom stereocenters. The van der Waals surface area contributed by atoms with Crippen LogP contribution in [0.4, 0.5) is 0 Å². The molecule has 0 saturated heterocycles. The lowest BCUT2D eigenvalue weighted by atomic mass is 10.1. The van der Waals surface area contributed by atoms with E-state index in [-0.39, 0.29) is 37.7 Å². The van der Waals surface area contributed by atoms with Crippen molar-refractivity contribution in [3.8, 4) is 0 Å². The molecule has 1 aromatic rings. The number of carbonyl (C=O) groups is 4. The Morgan fingerprint density at radius 2 is 1.17 bits per heavy atom. The lowest BCUT2D eigenvalue weighted by molar-refractivity contribution is -0.139. The number of cyclic esters (lactones) is 2. The molecule has 7 nitrogen and oxygen atoms in total. The van der Waals surface area contributed by atoms with Gasteiger partial charge in [0.25, 0.3) is 0 Å². The third-order valence-corrected chi connectivity index (χ3v) is 2.58. The Hall–Kier alpha value is -2.12. The number of benzene rings is 1. The molecule has 0 spiro atoms. The molecular weight excluding hydrogens is 351 g/mol. The molecule has 0 unspecified atom stereocenters. The summed E-state index contributed by atoms with van der Waals surface area (Å²) in [6, 6.07) is 6.53. The number of fused-ring (bicyclic) bond motifs is 1. The standard InChI is InChI=1S/C8H4O3.C6H10O4.2ClH/c9-7-5-3-1-2-4-6(5)8(10)11-7;7-5(8)3-1-2-4-6(9)10;;/h1-4H;1-4H2,(H,7,8)(H,9,10);2*1H. The molecule has 1 aromatic carbocycles. The normalized spacial score (nSPS) is 11.0. The van der Waals surface area contributed by atoms with Crippen molar-refractivity contribution < 1.29 is 34.1 Å². The zero-order valence-corrected chi connectivity index (χ0v) is 13.5. The highest BCUT2D eigenvalue weighted by Crippen LogP contribution is 2.18.